The Hall–Kier alpha value is -2.24. The summed E-state index contributed by atoms with van der Waals surface area (Å²) < 4.78 is 0. The van der Waals surface area contributed by atoms with Crippen LogP contribution in [0.3, 0.4) is 0 Å². The third kappa shape index (κ3) is 3.89. The summed E-state index contributed by atoms with van der Waals surface area (Å²) in [5.41, 5.74) is 2.90. The first kappa shape index (κ1) is 17.6. The lowest BCUT2D eigenvalue weighted by molar-refractivity contribution is -0.113. The molecule has 0 aromatic heterocycles. The van der Waals surface area contributed by atoms with E-state index in [1.807, 2.05) is 85.5 Å². The number of amides is 1. The molecule has 0 aliphatic carbocycles. The maximum absolute atomic E-state index is 12.2. The van der Waals surface area contributed by atoms with Crippen molar-refractivity contribution in [3.05, 3.63) is 64.0 Å². The minimum atomic E-state index is -0.226. The van der Waals surface area contributed by atoms with E-state index in [1.165, 1.54) is 11.8 Å². The first-order valence-corrected chi connectivity index (χ1v) is 8.93. The van der Waals surface area contributed by atoms with Gasteiger partial charge in [-0.05, 0) is 47.7 Å². The zero-order chi connectivity index (χ0) is 18.0. The Labute approximate surface area is 156 Å². The van der Waals surface area contributed by atoms with Crippen LogP contribution in [0.5, 0.6) is 0 Å². The van der Waals surface area contributed by atoms with E-state index in [0.717, 1.165) is 16.9 Å². The van der Waals surface area contributed by atoms with Crippen LogP contribution in [0, 0.1) is 0 Å². The molecule has 0 fully saturated rings. The van der Waals surface area contributed by atoms with Gasteiger partial charge >= 0.3 is 0 Å². The van der Waals surface area contributed by atoms with Crippen molar-refractivity contribution in [2.75, 3.05) is 30.9 Å². The molecule has 0 saturated carbocycles. The maximum Gasteiger partial charge on any atom is 0.286 e. The zero-order valence-corrected chi connectivity index (χ0v) is 15.8. The van der Waals surface area contributed by atoms with Gasteiger partial charge in [-0.1, -0.05) is 35.9 Å². The Bertz CT molecular complexity index is 859. The van der Waals surface area contributed by atoms with Gasteiger partial charge in [0.1, 0.15) is 0 Å². The monoisotopic (exact) mass is 371 g/mol. The minimum absolute atomic E-state index is 0.226. The summed E-state index contributed by atoms with van der Waals surface area (Å²) in [6, 6.07) is 15.5. The van der Waals surface area contributed by atoms with E-state index < -0.39 is 0 Å². The number of anilines is 2. The Kier molecular flexibility index (Phi) is 5.16. The van der Waals surface area contributed by atoms with Crippen LogP contribution >= 0.6 is 23.4 Å². The number of hydrogen-bond donors (Lipinski definition) is 0. The molecule has 0 N–H and O–H groups in total. The van der Waals surface area contributed by atoms with E-state index in [2.05, 4.69) is 4.99 Å². The average molecular weight is 372 g/mol. The van der Waals surface area contributed by atoms with Crippen molar-refractivity contribution in [3.8, 4) is 0 Å². The molecule has 1 heterocycles. The van der Waals surface area contributed by atoms with Gasteiger partial charge in [0, 0.05) is 26.8 Å². The van der Waals surface area contributed by atoms with Gasteiger partial charge in [-0.25, -0.2) is 0 Å². The largest absolute Gasteiger partial charge is 0.378 e. The lowest BCUT2D eigenvalue weighted by Crippen LogP contribution is -2.22. The van der Waals surface area contributed by atoms with Gasteiger partial charge in [-0.15, -0.1) is 0 Å². The fourth-order valence-corrected chi connectivity index (χ4v) is 3.54. The molecule has 25 heavy (non-hydrogen) atoms. The number of halogens is 1. The highest BCUT2D eigenvalue weighted by Gasteiger charge is 2.25. The van der Waals surface area contributed by atoms with Crippen LogP contribution in [-0.4, -0.2) is 32.2 Å². The van der Waals surface area contributed by atoms with Crippen LogP contribution in [0.15, 0.2) is 58.4 Å². The average Bonchev–Trinajstić information content (AvgIpc) is 2.96. The highest BCUT2D eigenvalue weighted by molar-refractivity contribution is 8.18. The van der Waals surface area contributed by atoms with Crippen molar-refractivity contribution >= 4 is 51.9 Å². The first-order valence-electron chi connectivity index (χ1n) is 7.74. The Balaban J connectivity index is 1.79. The van der Waals surface area contributed by atoms with Gasteiger partial charge in [0.05, 0.1) is 15.6 Å². The van der Waals surface area contributed by atoms with Crippen LogP contribution in [0.2, 0.25) is 5.02 Å². The van der Waals surface area contributed by atoms with E-state index in [4.69, 9.17) is 11.6 Å². The van der Waals surface area contributed by atoms with Gasteiger partial charge in [0.2, 0.25) is 0 Å². The molecular formula is C19H18ClN3OS. The lowest BCUT2D eigenvalue weighted by atomic mass is 10.2. The van der Waals surface area contributed by atoms with Crippen molar-refractivity contribution < 1.29 is 4.79 Å². The molecule has 0 atom stereocenters. The highest BCUT2D eigenvalue weighted by Crippen LogP contribution is 2.34. The van der Waals surface area contributed by atoms with Gasteiger partial charge in [0.25, 0.3) is 5.91 Å². The normalized spacial score (nSPS) is 15.4. The van der Waals surface area contributed by atoms with Crippen LogP contribution in [-0.2, 0) is 4.79 Å². The molecular weight excluding hydrogens is 354 g/mol. The number of hydrogen-bond acceptors (Lipinski definition) is 4. The number of aliphatic imine (C=N–C) groups is 1. The number of para-hydroxylation sites is 1. The van der Waals surface area contributed by atoms with Gasteiger partial charge in [0.15, 0.2) is 5.17 Å². The fourth-order valence-electron chi connectivity index (χ4n) is 2.39. The molecule has 1 amide bonds. The second-order valence-electron chi connectivity index (χ2n) is 5.81. The SMILES string of the molecule is CN(C)c1ccc(/C=C2/SC(N(C)c3ccccc3Cl)=NC2=O)cc1. The van der Waals surface area contributed by atoms with Crippen molar-refractivity contribution in [3.63, 3.8) is 0 Å². The predicted octanol–water partition coefficient (Wildman–Crippen LogP) is 4.51. The quantitative estimate of drug-likeness (QED) is 0.743. The topological polar surface area (TPSA) is 35.9 Å². The van der Waals surface area contributed by atoms with E-state index in [9.17, 15) is 4.79 Å². The summed E-state index contributed by atoms with van der Waals surface area (Å²) in [5.74, 6) is -0.226. The van der Waals surface area contributed by atoms with Crippen LogP contribution < -0.4 is 9.80 Å². The van der Waals surface area contributed by atoms with Crippen LogP contribution in [0.25, 0.3) is 6.08 Å². The molecule has 1 aliphatic heterocycles. The number of carbonyl (C=O) groups is 1. The van der Waals surface area contributed by atoms with E-state index >= 15 is 0 Å². The van der Waals surface area contributed by atoms with Crippen molar-refractivity contribution in [2.45, 2.75) is 0 Å². The van der Waals surface area contributed by atoms with Gasteiger partial charge < -0.3 is 9.80 Å². The lowest BCUT2D eigenvalue weighted by Gasteiger charge is -2.18. The molecule has 0 spiro atoms. The molecule has 3 rings (SSSR count). The Morgan fingerprint density at radius 3 is 2.36 bits per heavy atom. The fraction of sp³-hybridized carbons (Fsp3) is 0.158. The smallest absolute Gasteiger partial charge is 0.286 e. The summed E-state index contributed by atoms with van der Waals surface area (Å²) in [6.45, 7) is 0. The zero-order valence-electron chi connectivity index (χ0n) is 14.2. The van der Waals surface area contributed by atoms with Gasteiger partial charge in [-0.3, -0.25) is 4.79 Å². The van der Waals surface area contributed by atoms with Crippen molar-refractivity contribution in [1.82, 2.24) is 0 Å². The minimum Gasteiger partial charge on any atom is -0.378 e. The van der Waals surface area contributed by atoms with E-state index in [0.29, 0.717) is 15.1 Å². The van der Waals surface area contributed by atoms with E-state index in [-0.39, 0.29) is 5.91 Å². The third-order valence-electron chi connectivity index (χ3n) is 3.82. The molecule has 0 radical (unpaired) electrons. The first-order chi connectivity index (χ1) is 12.0. The standard InChI is InChI=1S/C19H18ClN3OS/c1-22(2)14-10-8-13(9-11-14)12-17-18(24)21-19(25-17)23(3)16-7-5-4-6-15(16)20/h4-12H,1-3H3/b17-12+. The molecule has 4 nitrogen and oxygen atoms in total. The summed E-state index contributed by atoms with van der Waals surface area (Å²) >= 11 is 7.59. The third-order valence-corrected chi connectivity index (χ3v) is 5.20. The number of rotatable bonds is 3. The van der Waals surface area contributed by atoms with Crippen molar-refractivity contribution in [2.24, 2.45) is 4.99 Å². The highest BCUT2D eigenvalue weighted by atomic mass is 35.5. The summed E-state index contributed by atoms with van der Waals surface area (Å²) in [6.07, 6.45) is 1.86. The molecule has 128 valence electrons. The molecule has 2 aromatic rings. The number of benzene rings is 2. The summed E-state index contributed by atoms with van der Waals surface area (Å²) in [5, 5.41) is 1.24. The Morgan fingerprint density at radius 1 is 1.04 bits per heavy atom. The second-order valence-corrected chi connectivity index (χ2v) is 7.22. The van der Waals surface area contributed by atoms with Gasteiger partial charge in [-0.2, -0.15) is 4.99 Å². The van der Waals surface area contributed by atoms with Crippen LogP contribution in [0.1, 0.15) is 5.56 Å². The van der Waals surface area contributed by atoms with E-state index in [1.54, 1.807) is 0 Å². The Morgan fingerprint density at radius 2 is 1.72 bits per heavy atom. The molecule has 6 heteroatoms. The maximum atomic E-state index is 12.2. The van der Waals surface area contributed by atoms with Crippen LogP contribution in [0.4, 0.5) is 11.4 Å². The number of amidine groups is 1. The number of thioether (sulfide) groups is 1. The second kappa shape index (κ2) is 7.33. The molecule has 0 saturated heterocycles. The molecule has 1 aliphatic rings. The summed E-state index contributed by atoms with van der Waals surface area (Å²) in [7, 11) is 5.85. The number of carbonyl (C=O) groups excluding carboxylic acids is 1. The molecule has 0 unspecified atom stereocenters. The molecule has 0 bridgehead atoms. The predicted molar refractivity (Wildman–Crippen MR) is 109 cm³/mol. The summed E-state index contributed by atoms with van der Waals surface area (Å²) in [4.78, 5) is 20.9. The van der Waals surface area contributed by atoms with Crippen molar-refractivity contribution in [1.29, 1.82) is 0 Å². The molecule has 2 aromatic carbocycles. The number of nitrogens with zero attached hydrogens (tertiary/aromatic N) is 3.